The van der Waals surface area contributed by atoms with Crippen LogP contribution in [0.4, 0.5) is 4.79 Å². The Bertz CT molecular complexity index is 379. The van der Waals surface area contributed by atoms with E-state index in [1.165, 1.54) is 0 Å². The first kappa shape index (κ1) is 14.5. The normalized spacial score (nSPS) is 37.5. The molecule has 0 aliphatic carbocycles. The highest BCUT2D eigenvalue weighted by atomic mass is 32.2. The molecule has 1 saturated heterocycles. The van der Waals surface area contributed by atoms with E-state index < -0.39 is 42.5 Å². The number of rotatable bonds is 2. The molecule has 0 saturated carbocycles. The van der Waals surface area contributed by atoms with E-state index in [1.807, 2.05) is 0 Å². The smallest absolute Gasteiger partial charge is 0.394 e. The maximum Gasteiger partial charge on any atom is 0.414 e. The van der Waals surface area contributed by atoms with Gasteiger partial charge in [0, 0.05) is 6.54 Å². The molecule has 2 aliphatic heterocycles. The van der Waals surface area contributed by atoms with Gasteiger partial charge in [0.2, 0.25) is 0 Å². The number of carbonyl (C=O) groups excluding carboxylic acids is 1. The second kappa shape index (κ2) is 6.06. The number of ether oxygens (including phenoxy) is 2. The highest BCUT2D eigenvalue weighted by Gasteiger charge is 2.48. The number of thioether (sulfide) groups is 1. The molecule has 0 aromatic rings. The maximum atomic E-state index is 11.3. The van der Waals surface area contributed by atoms with E-state index in [4.69, 9.17) is 14.6 Å². The third-order valence-electron chi connectivity index (χ3n) is 2.82. The predicted octanol–water partition coefficient (Wildman–Crippen LogP) is -1.36. The zero-order valence-electron chi connectivity index (χ0n) is 10.2. The average Bonchev–Trinajstić information content (AvgIpc) is 2.76. The first-order valence-electron chi connectivity index (χ1n) is 5.89. The van der Waals surface area contributed by atoms with Gasteiger partial charge < -0.3 is 30.1 Å². The number of carbonyl (C=O) groups is 1. The zero-order valence-corrected chi connectivity index (χ0v) is 11.0. The van der Waals surface area contributed by atoms with Crippen LogP contribution in [-0.2, 0) is 9.47 Å². The summed E-state index contributed by atoms with van der Waals surface area (Å²) in [6.45, 7) is 1.77. The van der Waals surface area contributed by atoms with Crippen LogP contribution >= 0.6 is 11.8 Å². The summed E-state index contributed by atoms with van der Waals surface area (Å²) in [6.07, 6.45) is -3.90. The topological polar surface area (TPSA) is 121 Å². The summed E-state index contributed by atoms with van der Waals surface area (Å²) in [7, 11) is 0. The quantitative estimate of drug-likeness (QED) is 0.496. The lowest BCUT2D eigenvalue weighted by molar-refractivity contribution is -0.164. The van der Waals surface area contributed by atoms with Crippen molar-refractivity contribution in [2.75, 3.05) is 13.2 Å². The maximum absolute atomic E-state index is 11.3. The first-order chi connectivity index (χ1) is 9.06. The van der Waals surface area contributed by atoms with Gasteiger partial charge in [-0.25, -0.2) is 9.79 Å². The molecule has 0 aromatic heterocycles. The Morgan fingerprint density at radius 2 is 2.26 bits per heavy atom. The van der Waals surface area contributed by atoms with Gasteiger partial charge in [-0.2, -0.15) is 0 Å². The van der Waals surface area contributed by atoms with Crippen molar-refractivity contribution in [3.8, 4) is 0 Å². The van der Waals surface area contributed by atoms with Crippen molar-refractivity contribution in [3.05, 3.63) is 0 Å². The van der Waals surface area contributed by atoms with E-state index in [1.54, 1.807) is 6.92 Å². The number of hydrogen-bond donors (Lipinski definition) is 4. The lowest BCUT2D eigenvalue weighted by Gasteiger charge is -2.37. The second-order valence-corrected chi connectivity index (χ2v) is 5.18. The van der Waals surface area contributed by atoms with Gasteiger partial charge in [0.05, 0.1) is 6.61 Å². The van der Waals surface area contributed by atoms with Crippen LogP contribution in [0.15, 0.2) is 4.99 Å². The number of fused-ring (bicyclic) bond motifs is 1. The monoisotopic (exact) mass is 292 g/mol. The summed E-state index contributed by atoms with van der Waals surface area (Å²) in [4.78, 5) is 15.3. The first-order valence-corrected chi connectivity index (χ1v) is 6.77. The van der Waals surface area contributed by atoms with Gasteiger partial charge in [-0.3, -0.25) is 0 Å². The largest absolute Gasteiger partial charge is 0.414 e. The van der Waals surface area contributed by atoms with E-state index in [-0.39, 0.29) is 5.23 Å². The molecule has 0 unspecified atom stereocenters. The molecule has 2 rings (SSSR count). The van der Waals surface area contributed by atoms with Crippen molar-refractivity contribution in [1.82, 2.24) is 5.32 Å². The van der Waals surface area contributed by atoms with E-state index in [0.29, 0.717) is 6.54 Å². The Morgan fingerprint density at radius 3 is 2.89 bits per heavy atom. The molecule has 2 heterocycles. The highest BCUT2D eigenvalue weighted by molar-refractivity contribution is 8.14. The fraction of sp³-hybridized carbons (Fsp3) is 0.800. The molecule has 4 N–H and O–H groups in total. The van der Waals surface area contributed by atoms with Gasteiger partial charge in [0.1, 0.15) is 29.8 Å². The van der Waals surface area contributed by atoms with Crippen LogP contribution in [0.2, 0.25) is 0 Å². The minimum atomic E-state index is -1.22. The molecule has 0 aromatic carbocycles. The van der Waals surface area contributed by atoms with Crippen molar-refractivity contribution < 1.29 is 29.6 Å². The Morgan fingerprint density at radius 1 is 1.53 bits per heavy atom. The summed E-state index contributed by atoms with van der Waals surface area (Å²) in [5, 5.41) is 31.2. The number of amides is 1. The molecule has 9 heteroatoms. The number of aliphatic hydroxyl groups excluding tert-OH is 3. The standard InChI is InChI=1S/C10H16N2O6S/c1-2-11-9(16)18-10-12-5-7(15)6(14)4(3-13)17-8(5)19-10/h4-8,13-15H,2-3H2,1H3,(H,11,16)/t4-,5-,6-,7-,8-/m1/s1. The molecule has 5 atom stereocenters. The number of alkyl carbamates (subject to hydrolysis) is 1. The third kappa shape index (κ3) is 3.00. The fourth-order valence-corrected chi connectivity index (χ4v) is 2.93. The summed E-state index contributed by atoms with van der Waals surface area (Å²) in [5.74, 6) is 0. The minimum absolute atomic E-state index is 0.0748. The Labute approximate surface area is 113 Å². The minimum Gasteiger partial charge on any atom is -0.394 e. The molecule has 0 spiro atoms. The van der Waals surface area contributed by atoms with Crippen molar-refractivity contribution in [1.29, 1.82) is 0 Å². The van der Waals surface area contributed by atoms with Crippen LogP contribution in [0.1, 0.15) is 6.92 Å². The second-order valence-electron chi connectivity index (χ2n) is 4.13. The van der Waals surface area contributed by atoms with Crippen molar-refractivity contribution in [3.63, 3.8) is 0 Å². The third-order valence-corrected chi connectivity index (χ3v) is 3.83. The highest BCUT2D eigenvalue weighted by Crippen LogP contribution is 2.36. The summed E-state index contributed by atoms with van der Waals surface area (Å²) in [5.41, 5.74) is -0.583. The molecule has 1 amide bonds. The van der Waals surface area contributed by atoms with Crippen molar-refractivity contribution in [2.45, 2.75) is 36.7 Å². The molecule has 19 heavy (non-hydrogen) atoms. The molecule has 1 fully saturated rings. The lowest BCUT2D eigenvalue weighted by Crippen LogP contribution is -2.55. The molecule has 8 nitrogen and oxygen atoms in total. The van der Waals surface area contributed by atoms with Crippen molar-refractivity contribution in [2.24, 2.45) is 4.99 Å². The lowest BCUT2D eigenvalue weighted by atomic mass is 9.99. The number of aliphatic hydroxyl groups is 3. The zero-order chi connectivity index (χ0) is 14.0. The van der Waals surface area contributed by atoms with Crippen LogP contribution < -0.4 is 5.32 Å². The molecular weight excluding hydrogens is 276 g/mol. The number of aliphatic imine (C=N–C) groups is 1. The van der Waals surface area contributed by atoms with Gasteiger partial charge in [0.25, 0.3) is 5.23 Å². The molecule has 2 aliphatic rings. The summed E-state index contributed by atoms with van der Waals surface area (Å²) >= 11 is 1.04. The molecular formula is C10H16N2O6S. The molecule has 0 radical (unpaired) electrons. The van der Waals surface area contributed by atoms with E-state index >= 15 is 0 Å². The molecule has 108 valence electrons. The van der Waals surface area contributed by atoms with Crippen LogP contribution in [0.5, 0.6) is 0 Å². The van der Waals surface area contributed by atoms with Crippen LogP contribution in [0, 0.1) is 0 Å². The van der Waals surface area contributed by atoms with Gasteiger partial charge in [-0.05, 0) is 18.7 Å². The number of hydrogen-bond acceptors (Lipinski definition) is 8. The fourth-order valence-electron chi connectivity index (χ4n) is 1.86. The van der Waals surface area contributed by atoms with Gasteiger partial charge >= 0.3 is 6.09 Å². The SMILES string of the molecule is CCNC(=O)OC1=N[C@@H]2[C@@H](O)[C@H](O)[C@@H](CO)O[C@@H]2S1. The van der Waals surface area contributed by atoms with Crippen LogP contribution in [-0.4, -0.2) is 69.6 Å². The van der Waals surface area contributed by atoms with Crippen molar-refractivity contribution >= 4 is 23.1 Å². The van der Waals surface area contributed by atoms with E-state index in [9.17, 15) is 15.0 Å². The summed E-state index contributed by atoms with van der Waals surface area (Å²) in [6, 6.07) is -0.716. The van der Waals surface area contributed by atoms with Gasteiger partial charge in [0.15, 0.2) is 0 Å². The van der Waals surface area contributed by atoms with Crippen LogP contribution in [0.3, 0.4) is 0 Å². The van der Waals surface area contributed by atoms with Crippen LogP contribution in [0.25, 0.3) is 0 Å². The van der Waals surface area contributed by atoms with Gasteiger partial charge in [-0.15, -0.1) is 0 Å². The number of nitrogens with one attached hydrogen (secondary N) is 1. The van der Waals surface area contributed by atoms with E-state index in [0.717, 1.165) is 11.8 Å². The average molecular weight is 292 g/mol. The number of nitrogens with zero attached hydrogens (tertiary/aromatic N) is 1. The molecule has 0 bridgehead atoms. The van der Waals surface area contributed by atoms with Gasteiger partial charge in [-0.1, -0.05) is 0 Å². The van der Waals surface area contributed by atoms with E-state index in [2.05, 4.69) is 10.3 Å². The predicted molar refractivity (Wildman–Crippen MR) is 66.7 cm³/mol. The Hall–Kier alpha value is -0.870. The Balaban J connectivity index is 2.00. The Kier molecular flexibility index (Phi) is 4.63. The summed E-state index contributed by atoms with van der Waals surface area (Å²) < 4.78 is 10.3.